The van der Waals surface area contributed by atoms with E-state index < -0.39 is 11.7 Å². The third-order valence-electron chi connectivity index (χ3n) is 2.56. The Balaban J connectivity index is 3.01. The molecule has 1 amide bonds. The van der Waals surface area contributed by atoms with Crippen LogP contribution in [0.5, 0.6) is 0 Å². The lowest BCUT2D eigenvalue weighted by atomic mass is 10.1. The minimum atomic E-state index is -0.558. The molecule has 5 heteroatoms. The lowest BCUT2D eigenvalue weighted by Crippen LogP contribution is -2.35. The molecule has 0 aliphatic heterocycles. The molecule has 96 valence electrons. The van der Waals surface area contributed by atoms with Crippen molar-refractivity contribution < 1.29 is 9.18 Å². The van der Waals surface area contributed by atoms with Crippen LogP contribution in [0.3, 0.4) is 0 Å². The van der Waals surface area contributed by atoms with E-state index in [1.807, 2.05) is 0 Å². The van der Waals surface area contributed by atoms with Gasteiger partial charge in [-0.25, -0.2) is 4.39 Å². The summed E-state index contributed by atoms with van der Waals surface area (Å²) in [5.74, 6) is -1.23. The standard InChI is InChI=1S/C13H14BrFN2O/c1-3-17(8-9(2)7-16)13(18)12-10(14)5-4-6-11(12)15/h4-6,9H,3,8H2,1-2H3. The Kier molecular flexibility index (Phi) is 5.29. The molecule has 0 saturated heterocycles. The number of halogens is 2. The fourth-order valence-electron chi connectivity index (χ4n) is 1.59. The normalized spacial score (nSPS) is 11.7. The van der Waals surface area contributed by atoms with Crippen LogP contribution in [0.4, 0.5) is 4.39 Å². The number of hydrogen-bond acceptors (Lipinski definition) is 2. The smallest absolute Gasteiger partial charge is 0.258 e. The van der Waals surface area contributed by atoms with E-state index in [0.717, 1.165) is 0 Å². The van der Waals surface area contributed by atoms with Crippen molar-refractivity contribution in [1.82, 2.24) is 4.90 Å². The van der Waals surface area contributed by atoms with Crippen LogP contribution in [0.1, 0.15) is 24.2 Å². The molecule has 0 saturated carbocycles. The predicted octanol–water partition coefficient (Wildman–Crippen LogP) is 3.21. The minimum absolute atomic E-state index is 0.0180. The first-order valence-corrected chi connectivity index (χ1v) is 6.43. The van der Waals surface area contributed by atoms with Crippen molar-refractivity contribution in [3.63, 3.8) is 0 Å². The van der Waals surface area contributed by atoms with Gasteiger partial charge >= 0.3 is 0 Å². The molecule has 1 unspecified atom stereocenters. The number of benzene rings is 1. The summed E-state index contributed by atoms with van der Waals surface area (Å²) in [4.78, 5) is 13.7. The van der Waals surface area contributed by atoms with E-state index in [0.29, 0.717) is 17.6 Å². The van der Waals surface area contributed by atoms with Crippen LogP contribution in [-0.2, 0) is 0 Å². The van der Waals surface area contributed by atoms with E-state index in [1.54, 1.807) is 19.9 Å². The van der Waals surface area contributed by atoms with Gasteiger partial charge in [-0.1, -0.05) is 6.07 Å². The summed E-state index contributed by atoms with van der Waals surface area (Å²) >= 11 is 3.18. The van der Waals surface area contributed by atoms with Crippen molar-refractivity contribution in [2.75, 3.05) is 13.1 Å². The monoisotopic (exact) mass is 312 g/mol. The summed E-state index contributed by atoms with van der Waals surface area (Å²) in [5.41, 5.74) is 0.0180. The molecule has 18 heavy (non-hydrogen) atoms. The molecule has 3 nitrogen and oxygen atoms in total. The number of nitriles is 1. The Morgan fingerprint density at radius 1 is 1.61 bits per heavy atom. The second-order valence-corrected chi connectivity index (χ2v) is 4.82. The van der Waals surface area contributed by atoms with Crippen molar-refractivity contribution >= 4 is 21.8 Å². The van der Waals surface area contributed by atoms with Crippen molar-refractivity contribution in [3.8, 4) is 6.07 Å². The second kappa shape index (κ2) is 6.50. The molecule has 0 spiro atoms. The van der Waals surface area contributed by atoms with Gasteiger partial charge in [0.2, 0.25) is 0 Å². The Hall–Kier alpha value is -1.41. The van der Waals surface area contributed by atoms with Crippen molar-refractivity contribution in [2.24, 2.45) is 5.92 Å². The molecule has 0 aromatic heterocycles. The number of carbonyl (C=O) groups excluding carboxylic acids is 1. The maximum absolute atomic E-state index is 13.7. The summed E-state index contributed by atoms with van der Waals surface area (Å²) in [7, 11) is 0. The predicted molar refractivity (Wildman–Crippen MR) is 70.5 cm³/mol. The average molecular weight is 313 g/mol. The van der Waals surface area contributed by atoms with E-state index in [9.17, 15) is 9.18 Å². The van der Waals surface area contributed by atoms with Crippen LogP contribution < -0.4 is 0 Å². The minimum Gasteiger partial charge on any atom is -0.337 e. The lowest BCUT2D eigenvalue weighted by molar-refractivity contribution is 0.0747. The maximum atomic E-state index is 13.7. The summed E-state index contributed by atoms with van der Waals surface area (Å²) in [6, 6.07) is 6.47. The Labute approximate surface area is 114 Å². The van der Waals surface area contributed by atoms with Crippen molar-refractivity contribution in [3.05, 3.63) is 34.1 Å². The van der Waals surface area contributed by atoms with Gasteiger partial charge in [0.25, 0.3) is 5.91 Å². The number of nitrogens with zero attached hydrogens (tertiary/aromatic N) is 2. The summed E-state index contributed by atoms with van der Waals surface area (Å²) in [5, 5.41) is 8.77. The first-order valence-electron chi connectivity index (χ1n) is 5.64. The average Bonchev–Trinajstić information content (AvgIpc) is 2.35. The van der Waals surface area contributed by atoms with Crippen LogP contribution in [-0.4, -0.2) is 23.9 Å². The van der Waals surface area contributed by atoms with Crippen molar-refractivity contribution in [1.29, 1.82) is 5.26 Å². The number of hydrogen-bond donors (Lipinski definition) is 0. The quantitative estimate of drug-likeness (QED) is 0.857. The third kappa shape index (κ3) is 3.30. The molecule has 1 aromatic carbocycles. The first kappa shape index (κ1) is 14.7. The van der Waals surface area contributed by atoms with Gasteiger partial charge < -0.3 is 4.90 Å². The molecule has 1 atom stereocenters. The third-order valence-corrected chi connectivity index (χ3v) is 3.22. The topological polar surface area (TPSA) is 44.1 Å². The van der Waals surface area contributed by atoms with E-state index >= 15 is 0 Å². The molecule has 0 bridgehead atoms. The van der Waals surface area contributed by atoms with E-state index in [-0.39, 0.29) is 11.5 Å². The van der Waals surface area contributed by atoms with Crippen LogP contribution in [0.25, 0.3) is 0 Å². The molecule has 1 rings (SSSR count). The zero-order chi connectivity index (χ0) is 13.7. The molecular weight excluding hydrogens is 299 g/mol. The molecule has 0 heterocycles. The van der Waals surface area contributed by atoms with Gasteiger partial charge in [-0.2, -0.15) is 5.26 Å². The Morgan fingerprint density at radius 3 is 2.78 bits per heavy atom. The van der Waals surface area contributed by atoms with Gasteiger partial charge in [0.15, 0.2) is 0 Å². The van der Waals surface area contributed by atoms with E-state index in [2.05, 4.69) is 22.0 Å². The number of amides is 1. The van der Waals surface area contributed by atoms with E-state index in [1.165, 1.54) is 17.0 Å². The fraction of sp³-hybridized carbons (Fsp3) is 0.385. The highest BCUT2D eigenvalue weighted by molar-refractivity contribution is 9.10. The molecule has 0 aliphatic rings. The molecule has 0 N–H and O–H groups in total. The first-order chi connectivity index (χ1) is 8.51. The highest BCUT2D eigenvalue weighted by Gasteiger charge is 2.22. The maximum Gasteiger partial charge on any atom is 0.258 e. The SMILES string of the molecule is CCN(CC(C)C#N)C(=O)c1c(F)cccc1Br. The van der Waals surface area contributed by atoms with E-state index in [4.69, 9.17) is 5.26 Å². The lowest BCUT2D eigenvalue weighted by Gasteiger charge is -2.22. The summed E-state index contributed by atoms with van der Waals surface area (Å²) in [6.07, 6.45) is 0. The zero-order valence-electron chi connectivity index (χ0n) is 10.3. The van der Waals surface area contributed by atoms with Gasteiger partial charge in [-0.15, -0.1) is 0 Å². The summed E-state index contributed by atoms with van der Waals surface area (Å²) < 4.78 is 14.1. The highest BCUT2D eigenvalue weighted by atomic mass is 79.9. The van der Waals surface area contributed by atoms with Crippen LogP contribution in [0.15, 0.2) is 22.7 Å². The Bertz CT molecular complexity index is 464. The van der Waals surface area contributed by atoms with Crippen LogP contribution in [0.2, 0.25) is 0 Å². The molecule has 0 fully saturated rings. The van der Waals surface area contributed by atoms with Gasteiger partial charge in [0.05, 0.1) is 17.6 Å². The second-order valence-electron chi connectivity index (χ2n) is 3.97. The molecular formula is C13H14BrFN2O. The van der Waals surface area contributed by atoms with Crippen molar-refractivity contribution in [2.45, 2.75) is 13.8 Å². The van der Waals surface area contributed by atoms with Gasteiger partial charge in [0.1, 0.15) is 5.82 Å². The number of rotatable bonds is 4. The van der Waals surface area contributed by atoms with Crippen LogP contribution in [0, 0.1) is 23.1 Å². The molecule has 0 radical (unpaired) electrons. The zero-order valence-corrected chi connectivity index (χ0v) is 11.9. The van der Waals surface area contributed by atoms with Gasteiger partial charge in [-0.05, 0) is 41.9 Å². The van der Waals surface area contributed by atoms with Crippen LogP contribution >= 0.6 is 15.9 Å². The summed E-state index contributed by atoms with van der Waals surface area (Å²) in [6.45, 7) is 4.27. The molecule has 0 aliphatic carbocycles. The Morgan fingerprint density at radius 2 is 2.28 bits per heavy atom. The molecule has 1 aromatic rings. The van der Waals surface area contributed by atoms with Gasteiger partial charge in [-0.3, -0.25) is 4.79 Å². The van der Waals surface area contributed by atoms with Gasteiger partial charge in [0, 0.05) is 17.6 Å². The largest absolute Gasteiger partial charge is 0.337 e. The number of carbonyl (C=O) groups is 1. The fourth-order valence-corrected chi connectivity index (χ4v) is 2.10. The highest BCUT2D eigenvalue weighted by Crippen LogP contribution is 2.21.